The third-order valence-electron chi connectivity index (χ3n) is 5.14. The first-order valence-electron chi connectivity index (χ1n) is 9.19. The van der Waals surface area contributed by atoms with Crippen molar-refractivity contribution in [3.05, 3.63) is 35.9 Å². The summed E-state index contributed by atoms with van der Waals surface area (Å²) in [6.45, 7) is 7.87. The topological polar surface area (TPSA) is 38.8 Å². The molecule has 1 N–H and O–H groups in total. The van der Waals surface area contributed by atoms with Gasteiger partial charge in [-0.2, -0.15) is 0 Å². The molecule has 2 heterocycles. The number of rotatable bonds is 6. The molecular weight excluding hydrogens is 336 g/mol. The largest absolute Gasteiger partial charge is 0.339 e. The zero-order valence-corrected chi connectivity index (χ0v) is 16.0. The quantitative estimate of drug-likeness (QED) is 0.826. The molecule has 140 valence electrons. The third kappa shape index (κ3) is 5.96. The first kappa shape index (κ1) is 20.2. The minimum atomic E-state index is 0. The highest BCUT2D eigenvalue weighted by atomic mass is 35.5. The van der Waals surface area contributed by atoms with Crippen molar-refractivity contribution in [3.63, 3.8) is 0 Å². The van der Waals surface area contributed by atoms with Crippen LogP contribution in [0.2, 0.25) is 0 Å². The van der Waals surface area contributed by atoms with Crippen molar-refractivity contribution in [1.82, 2.24) is 20.0 Å². The van der Waals surface area contributed by atoms with E-state index in [0.29, 0.717) is 5.91 Å². The molecule has 3 rings (SSSR count). The lowest BCUT2D eigenvalue weighted by molar-refractivity contribution is -0.134. The molecule has 0 aromatic heterocycles. The molecule has 2 aliphatic rings. The van der Waals surface area contributed by atoms with Crippen LogP contribution in [-0.4, -0.2) is 79.5 Å². The van der Waals surface area contributed by atoms with Gasteiger partial charge in [0.05, 0.1) is 6.04 Å². The lowest BCUT2D eigenvalue weighted by Crippen LogP contribution is -2.53. The number of nitrogens with zero attached hydrogens (tertiary/aromatic N) is 3. The number of piperazine rings is 1. The Kier molecular flexibility index (Phi) is 8.16. The molecule has 1 aromatic carbocycles. The summed E-state index contributed by atoms with van der Waals surface area (Å²) in [4.78, 5) is 19.3. The van der Waals surface area contributed by atoms with Crippen molar-refractivity contribution in [2.24, 2.45) is 0 Å². The summed E-state index contributed by atoms with van der Waals surface area (Å²) in [7, 11) is 2.18. The summed E-state index contributed by atoms with van der Waals surface area (Å²) >= 11 is 0. The number of carbonyl (C=O) groups is 1. The predicted molar refractivity (Wildman–Crippen MR) is 104 cm³/mol. The Bertz CT molecular complexity index is 513. The fourth-order valence-electron chi connectivity index (χ4n) is 3.59. The zero-order valence-electron chi connectivity index (χ0n) is 15.2. The second-order valence-corrected chi connectivity index (χ2v) is 7.04. The van der Waals surface area contributed by atoms with E-state index in [-0.39, 0.29) is 18.4 Å². The molecule has 1 amide bonds. The van der Waals surface area contributed by atoms with Gasteiger partial charge in [-0.25, -0.2) is 0 Å². The number of amides is 1. The fourth-order valence-corrected chi connectivity index (χ4v) is 3.59. The maximum absolute atomic E-state index is 12.4. The second-order valence-electron chi connectivity index (χ2n) is 7.04. The first-order chi connectivity index (χ1) is 11.7. The van der Waals surface area contributed by atoms with E-state index in [4.69, 9.17) is 0 Å². The standard InChI is InChI=1S/C19H30N4O.ClH/c1-21(16-17-6-3-2-4-7-17)10-11-22-12-14-23(15-13-22)19(24)18-8-5-9-20-18;/h2-4,6-7,18,20H,5,8-16H2,1H3;1H/t18-;/m0./s1. The van der Waals surface area contributed by atoms with Crippen molar-refractivity contribution < 1.29 is 4.79 Å². The van der Waals surface area contributed by atoms with E-state index in [1.807, 2.05) is 4.90 Å². The lowest BCUT2D eigenvalue weighted by atomic mass is 10.2. The van der Waals surface area contributed by atoms with Gasteiger partial charge in [0.1, 0.15) is 0 Å². The average Bonchev–Trinajstić information content (AvgIpc) is 3.15. The fraction of sp³-hybridized carbons (Fsp3) is 0.632. The van der Waals surface area contributed by atoms with Crippen LogP contribution in [0.3, 0.4) is 0 Å². The molecule has 6 heteroatoms. The van der Waals surface area contributed by atoms with E-state index in [1.165, 1.54) is 5.56 Å². The summed E-state index contributed by atoms with van der Waals surface area (Å²) in [5, 5.41) is 3.32. The Hall–Kier alpha value is -1.14. The lowest BCUT2D eigenvalue weighted by Gasteiger charge is -2.36. The summed E-state index contributed by atoms with van der Waals surface area (Å²) in [6, 6.07) is 10.7. The summed E-state index contributed by atoms with van der Waals surface area (Å²) in [5.41, 5.74) is 1.36. The van der Waals surface area contributed by atoms with Crippen molar-refractivity contribution in [1.29, 1.82) is 0 Å². The van der Waals surface area contributed by atoms with Crippen LogP contribution >= 0.6 is 12.4 Å². The molecule has 0 spiro atoms. The van der Waals surface area contributed by atoms with E-state index in [2.05, 4.69) is 52.5 Å². The highest BCUT2D eigenvalue weighted by Gasteiger charge is 2.28. The number of carbonyl (C=O) groups excluding carboxylic acids is 1. The summed E-state index contributed by atoms with van der Waals surface area (Å²) < 4.78 is 0. The molecule has 2 fully saturated rings. The number of hydrogen-bond donors (Lipinski definition) is 1. The van der Waals surface area contributed by atoms with E-state index in [1.54, 1.807) is 0 Å². The monoisotopic (exact) mass is 366 g/mol. The van der Waals surface area contributed by atoms with Gasteiger partial charge in [0, 0.05) is 45.8 Å². The number of halogens is 1. The Morgan fingerprint density at radius 1 is 1.20 bits per heavy atom. The molecule has 0 unspecified atom stereocenters. The number of likely N-dealkylation sites (N-methyl/N-ethyl adjacent to an activating group) is 1. The van der Waals surface area contributed by atoms with Gasteiger partial charge in [0.25, 0.3) is 0 Å². The highest BCUT2D eigenvalue weighted by molar-refractivity contribution is 5.85. The van der Waals surface area contributed by atoms with Crippen LogP contribution in [0.5, 0.6) is 0 Å². The molecule has 1 atom stereocenters. The van der Waals surface area contributed by atoms with Gasteiger partial charge in [-0.05, 0) is 32.0 Å². The van der Waals surface area contributed by atoms with Crippen molar-refractivity contribution in [2.75, 3.05) is 52.9 Å². The van der Waals surface area contributed by atoms with Crippen molar-refractivity contribution >= 4 is 18.3 Å². The first-order valence-corrected chi connectivity index (χ1v) is 9.19. The van der Waals surface area contributed by atoms with Crippen LogP contribution in [0.25, 0.3) is 0 Å². The molecule has 25 heavy (non-hydrogen) atoms. The second kappa shape index (κ2) is 10.1. The van der Waals surface area contributed by atoms with Gasteiger partial charge in [0.15, 0.2) is 0 Å². The highest BCUT2D eigenvalue weighted by Crippen LogP contribution is 2.11. The van der Waals surface area contributed by atoms with Gasteiger partial charge < -0.3 is 15.1 Å². The average molecular weight is 367 g/mol. The molecule has 5 nitrogen and oxygen atoms in total. The molecule has 0 radical (unpaired) electrons. The van der Waals surface area contributed by atoms with Crippen molar-refractivity contribution in [3.8, 4) is 0 Å². The smallest absolute Gasteiger partial charge is 0.239 e. The Balaban J connectivity index is 0.00000225. The molecule has 0 bridgehead atoms. The molecule has 1 aromatic rings. The predicted octanol–water partition coefficient (Wildman–Crippen LogP) is 1.44. The summed E-state index contributed by atoms with van der Waals surface area (Å²) in [6.07, 6.45) is 2.13. The minimum absolute atomic E-state index is 0. The van der Waals surface area contributed by atoms with Gasteiger partial charge >= 0.3 is 0 Å². The zero-order chi connectivity index (χ0) is 16.8. The normalized spacial score (nSPS) is 21.4. The molecule has 2 saturated heterocycles. The van der Waals surface area contributed by atoms with Crippen LogP contribution in [0, 0.1) is 0 Å². The van der Waals surface area contributed by atoms with Crippen LogP contribution in [-0.2, 0) is 11.3 Å². The van der Waals surface area contributed by atoms with E-state index in [9.17, 15) is 4.79 Å². The minimum Gasteiger partial charge on any atom is -0.339 e. The SMILES string of the molecule is CN(CCN1CCN(C(=O)[C@@H]2CCCN2)CC1)Cc1ccccc1.Cl. The van der Waals surface area contributed by atoms with E-state index >= 15 is 0 Å². The van der Waals surface area contributed by atoms with Gasteiger partial charge in [-0.3, -0.25) is 9.69 Å². The van der Waals surface area contributed by atoms with E-state index < -0.39 is 0 Å². The van der Waals surface area contributed by atoms with E-state index in [0.717, 1.165) is 65.2 Å². The molecule has 2 aliphatic heterocycles. The van der Waals surface area contributed by atoms with Crippen molar-refractivity contribution in [2.45, 2.75) is 25.4 Å². The summed E-state index contributed by atoms with van der Waals surface area (Å²) in [5.74, 6) is 0.313. The Morgan fingerprint density at radius 3 is 2.56 bits per heavy atom. The number of nitrogens with one attached hydrogen (secondary N) is 1. The molecular formula is C19H31ClN4O. The number of hydrogen-bond acceptors (Lipinski definition) is 4. The van der Waals surface area contributed by atoms with Crippen LogP contribution in [0.15, 0.2) is 30.3 Å². The van der Waals surface area contributed by atoms with Crippen LogP contribution in [0.1, 0.15) is 18.4 Å². The molecule has 0 aliphatic carbocycles. The third-order valence-corrected chi connectivity index (χ3v) is 5.14. The Labute approximate surface area is 157 Å². The van der Waals surface area contributed by atoms with Crippen LogP contribution in [0.4, 0.5) is 0 Å². The maximum atomic E-state index is 12.4. The maximum Gasteiger partial charge on any atom is 0.239 e. The van der Waals surface area contributed by atoms with Crippen LogP contribution < -0.4 is 5.32 Å². The Morgan fingerprint density at radius 2 is 1.92 bits per heavy atom. The van der Waals surface area contributed by atoms with Gasteiger partial charge in [0.2, 0.25) is 5.91 Å². The van der Waals surface area contributed by atoms with Gasteiger partial charge in [-0.1, -0.05) is 30.3 Å². The van der Waals surface area contributed by atoms with Gasteiger partial charge in [-0.15, -0.1) is 12.4 Å². The number of benzene rings is 1. The molecule has 0 saturated carbocycles.